The van der Waals surface area contributed by atoms with E-state index in [0.717, 1.165) is 16.5 Å². The zero-order valence-electron chi connectivity index (χ0n) is 16.9. The number of carbonyl (C=O) groups is 1. The van der Waals surface area contributed by atoms with E-state index in [1.807, 2.05) is 36.4 Å². The molecule has 1 aromatic carbocycles. The lowest BCUT2D eigenvalue weighted by Gasteiger charge is -2.21. The van der Waals surface area contributed by atoms with Crippen LogP contribution in [0.2, 0.25) is 0 Å². The zero-order chi connectivity index (χ0) is 21.1. The lowest BCUT2D eigenvalue weighted by atomic mass is 10.0. The predicted molar refractivity (Wildman–Crippen MR) is 114 cm³/mol. The highest BCUT2D eigenvalue weighted by Crippen LogP contribution is 2.35. The Kier molecular flexibility index (Phi) is 5.52. The van der Waals surface area contributed by atoms with Crippen molar-refractivity contribution in [3.63, 3.8) is 0 Å². The molecular weight excluding hydrogens is 382 g/mol. The van der Waals surface area contributed by atoms with Gasteiger partial charge in [-0.3, -0.25) is 9.78 Å². The van der Waals surface area contributed by atoms with Gasteiger partial charge < -0.3 is 19.5 Å². The molecule has 2 aromatic heterocycles. The lowest BCUT2D eigenvalue weighted by molar-refractivity contribution is -0.119. The van der Waals surface area contributed by atoms with Gasteiger partial charge in [0.15, 0.2) is 11.5 Å². The van der Waals surface area contributed by atoms with E-state index in [1.54, 1.807) is 26.5 Å². The Bertz CT molecular complexity index is 1100. The fourth-order valence-corrected chi connectivity index (χ4v) is 3.60. The molecule has 0 aliphatic carbocycles. The molecule has 154 valence electrons. The number of fused-ring (bicyclic) bond motifs is 1. The van der Waals surface area contributed by atoms with Gasteiger partial charge >= 0.3 is 0 Å². The van der Waals surface area contributed by atoms with Gasteiger partial charge in [-0.05, 0) is 36.4 Å². The number of methoxy groups -OCH3 is 2. The normalized spacial score (nSPS) is 16.7. The number of nitrogens with one attached hydrogen (secondary N) is 1. The van der Waals surface area contributed by atoms with Crippen LogP contribution in [-0.2, 0) is 4.79 Å². The number of nitrogens with zero attached hydrogens (tertiary/aromatic N) is 2. The number of hydrogen-bond donors (Lipinski definition) is 1. The van der Waals surface area contributed by atoms with Crippen LogP contribution in [0.25, 0.3) is 22.2 Å². The molecule has 0 bridgehead atoms. The number of pyridine rings is 2. The summed E-state index contributed by atoms with van der Waals surface area (Å²) in [5.74, 6) is 1.73. The van der Waals surface area contributed by atoms with Crippen molar-refractivity contribution in [2.75, 3.05) is 20.8 Å². The number of amides is 1. The van der Waals surface area contributed by atoms with E-state index in [1.165, 1.54) is 0 Å². The van der Waals surface area contributed by atoms with Gasteiger partial charge in [-0.2, -0.15) is 0 Å². The van der Waals surface area contributed by atoms with Crippen LogP contribution in [-0.4, -0.2) is 42.7 Å². The Morgan fingerprint density at radius 3 is 2.73 bits per heavy atom. The van der Waals surface area contributed by atoms with Gasteiger partial charge in [-0.15, -0.1) is 0 Å². The number of aromatic nitrogens is 2. The smallest absolute Gasteiger partial charge is 0.224 e. The van der Waals surface area contributed by atoms with Crippen LogP contribution in [0.15, 0.2) is 55.3 Å². The van der Waals surface area contributed by atoms with Crippen LogP contribution in [0.5, 0.6) is 17.4 Å². The van der Waals surface area contributed by atoms with Crippen molar-refractivity contribution in [1.82, 2.24) is 15.3 Å². The summed E-state index contributed by atoms with van der Waals surface area (Å²) in [6.07, 6.45) is 3.51. The van der Waals surface area contributed by atoms with Crippen LogP contribution in [0.4, 0.5) is 0 Å². The van der Waals surface area contributed by atoms with E-state index < -0.39 is 0 Å². The SMILES string of the molecule is C=CC(Oc1nc(-c2ccc(OC)c(OC)c2)cc2ncccc12)[C@H]1CNC(=O)C1. The molecule has 7 nitrogen and oxygen atoms in total. The summed E-state index contributed by atoms with van der Waals surface area (Å²) >= 11 is 0. The quantitative estimate of drug-likeness (QED) is 0.607. The van der Waals surface area contributed by atoms with Crippen molar-refractivity contribution in [3.05, 3.63) is 55.3 Å². The van der Waals surface area contributed by atoms with Gasteiger partial charge in [-0.25, -0.2) is 4.98 Å². The van der Waals surface area contributed by atoms with Crippen LogP contribution in [0.1, 0.15) is 6.42 Å². The molecule has 1 N–H and O–H groups in total. The van der Waals surface area contributed by atoms with Gasteiger partial charge in [0.2, 0.25) is 11.8 Å². The van der Waals surface area contributed by atoms with E-state index in [-0.39, 0.29) is 17.9 Å². The van der Waals surface area contributed by atoms with Gasteiger partial charge in [-0.1, -0.05) is 12.7 Å². The van der Waals surface area contributed by atoms with Crippen molar-refractivity contribution < 1.29 is 19.0 Å². The Labute approximate surface area is 174 Å². The molecule has 30 heavy (non-hydrogen) atoms. The monoisotopic (exact) mass is 405 g/mol. The van der Waals surface area contributed by atoms with Gasteiger partial charge in [0, 0.05) is 30.6 Å². The first kappa shape index (κ1) is 19.7. The fraction of sp³-hybridized carbons (Fsp3) is 0.261. The minimum Gasteiger partial charge on any atom is -0.493 e. The molecular formula is C23H23N3O4. The van der Waals surface area contributed by atoms with Crippen LogP contribution >= 0.6 is 0 Å². The Balaban J connectivity index is 1.76. The Morgan fingerprint density at radius 1 is 1.20 bits per heavy atom. The fourth-order valence-electron chi connectivity index (χ4n) is 3.60. The van der Waals surface area contributed by atoms with Crippen LogP contribution in [0, 0.1) is 5.92 Å². The maximum absolute atomic E-state index is 11.6. The first-order chi connectivity index (χ1) is 14.6. The largest absolute Gasteiger partial charge is 0.493 e. The number of hydrogen-bond acceptors (Lipinski definition) is 6. The minimum atomic E-state index is -0.347. The average molecular weight is 405 g/mol. The van der Waals surface area contributed by atoms with Crippen molar-refractivity contribution in [1.29, 1.82) is 0 Å². The highest BCUT2D eigenvalue weighted by molar-refractivity contribution is 5.87. The number of rotatable bonds is 7. The lowest BCUT2D eigenvalue weighted by Crippen LogP contribution is -2.27. The van der Waals surface area contributed by atoms with Crippen LogP contribution in [0.3, 0.4) is 0 Å². The summed E-state index contributed by atoms with van der Waals surface area (Å²) in [6, 6.07) is 11.3. The summed E-state index contributed by atoms with van der Waals surface area (Å²) in [7, 11) is 3.19. The average Bonchev–Trinajstić information content (AvgIpc) is 3.22. The molecule has 7 heteroatoms. The number of carbonyl (C=O) groups excluding carboxylic acids is 1. The Hall–Kier alpha value is -3.61. The second-order valence-corrected chi connectivity index (χ2v) is 7.04. The molecule has 2 atom stereocenters. The van der Waals surface area contributed by atoms with Gasteiger partial charge in [0.1, 0.15) is 6.10 Å². The molecule has 1 fully saturated rings. The van der Waals surface area contributed by atoms with E-state index in [4.69, 9.17) is 19.2 Å². The summed E-state index contributed by atoms with van der Waals surface area (Å²) in [5.41, 5.74) is 2.30. The molecule has 3 aromatic rings. The first-order valence-corrected chi connectivity index (χ1v) is 9.67. The summed E-state index contributed by atoms with van der Waals surface area (Å²) in [4.78, 5) is 20.9. The molecule has 1 amide bonds. The molecule has 3 heterocycles. The molecule has 1 aliphatic rings. The molecule has 1 saturated heterocycles. The maximum Gasteiger partial charge on any atom is 0.224 e. The maximum atomic E-state index is 11.6. The second kappa shape index (κ2) is 8.41. The first-order valence-electron chi connectivity index (χ1n) is 9.67. The van der Waals surface area contributed by atoms with Crippen molar-refractivity contribution in [2.45, 2.75) is 12.5 Å². The predicted octanol–water partition coefficient (Wildman–Crippen LogP) is 3.38. The number of benzene rings is 1. The highest BCUT2D eigenvalue weighted by Gasteiger charge is 2.30. The molecule has 1 unspecified atom stereocenters. The van der Waals surface area contributed by atoms with E-state index in [0.29, 0.717) is 36.0 Å². The van der Waals surface area contributed by atoms with Crippen molar-refractivity contribution in [3.8, 4) is 28.6 Å². The van der Waals surface area contributed by atoms with Gasteiger partial charge in [0.25, 0.3) is 0 Å². The molecule has 4 rings (SSSR count). The second-order valence-electron chi connectivity index (χ2n) is 7.04. The highest BCUT2D eigenvalue weighted by atomic mass is 16.5. The molecule has 0 spiro atoms. The summed E-state index contributed by atoms with van der Waals surface area (Å²) < 4.78 is 17.0. The topological polar surface area (TPSA) is 82.6 Å². The third kappa shape index (κ3) is 3.78. The summed E-state index contributed by atoms with van der Waals surface area (Å²) in [6.45, 7) is 4.45. The van der Waals surface area contributed by atoms with Gasteiger partial charge in [0.05, 0.1) is 30.8 Å². The standard InChI is InChI=1S/C23H23N3O4/c1-4-19(15-11-22(27)25-13-15)30-23-16-6-5-9-24-18(16)12-17(26-23)14-7-8-20(28-2)21(10-14)29-3/h4-10,12,15,19H,1,11,13H2,2-3H3,(H,25,27)/t15-,19?/m1/s1. The van der Waals surface area contributed by atoms with E-state index >= 15 is 0 Å². The number of ether oxygens (including phenoxy) is 3. The minimum absolute atomic E-state index is 0.00765. The molecule has 1 aliphatic heterocycles. The Morgan fingerprint density at radius 2 is 2.03 bits per heavy atom. The van der Waals surface area contributed by atoms with E-state index in [2.05, 4.69) is 16.9 Å². The molecule has 0 radical (unpaired) electrons. The van der Waals surface area contributed by atoms with E-state index in [9.17, 15) is 4.79 Å². The third-order valence-corrected chi connectivity index (χ3v) is 5.20. The van der Waals surface area contributed by atoms with Crippen molar-refractivity contribution >= 4 is 16.8 Å². The zero-order valence-corrected chi connectivity index (χ0v) is 16.9. The molecule has 0 saturated carbocycles. The van der Waals surface area contributed by atoms with Crippen molar-refractivity contribution in [2.24, 2.45) is 5.92 Å². The summed E-state index contributed by atoms with van der Waals surface area (Å²) in [5, 5.41) is 3.64. The van der Waals surface area contributed by atoms with Crippen LogP contribution < -0.4 is 19.5 Å². The third-order valence-electron chi connectivity index (χ3n) is 5.20.